The highest BCUT2D eigenvalue weighted by molar-refractivity contribution is 6.39. The van der Waals surface area contributed by atoms with E-state index in [0.29, 0.717) is 18.6 Å². The Morgan fingerprint density at radius 3 is 2.14 bits per heavy atom. The van der Waals surface area contributed by atoms with Crippen molar-refractivity contribution in [2.45, 2.75) is 26.3 Å². The Hall–Kier alpha value is -2.09. The number of aliphatic hydroxyl groups is 1. The number of aliphatic hydroxyl groups excluding tert-OH is 1. The molecule has 0 saturated carbocycles. The highest BCUT2D eigenvalue weighted by atomic mass is 19.1. The van der Waals surface area contributed by atoms with Crippen LogP contribution in [0.1, 0.15) is 20.3 Å². The lowest BCUT2D eigenvalue weighted by Crippen LogP contribution is -2.44. The highest BCUT2D eigenvalue weighted by Gasteiger charge is 2.22. The Kier molecular flexibility index (Phi) is 6.36. The van der Waals surface area contributed by atoms with E-state index < -0.39 is 41.0 Å². The predicted molar refractivity (Wildman–Crippen MR) is 73.4 cm³/mol. The topological polar surface area (TPSA) is 78.4 Å². The van der Waals surface area contributed by atoms with E-state index in [2.05, 4.69) is 5.32 Å². The molecule has 8 heteroatoms. The van der Waals surface area contributed by atoms with Gasteiger partial charge < -0.3 is 15.7 Å². The molecule has 1 unspecified atom stereocenters. The van der Waals surface area contributed by atoms with Crippen LogP contribution in [0, 0.1) is 23.4 Å². The minimum atomic E-state index is -1.33. The van der Waals surface area contributed by atoms with Gasteiger partial charge in [0.1, 0.15) is 11.5 Å². The Balaban J connectivity index is 2.74. The number of nitrogens with one attached hydrogen (secondary N) is 2. The van der Waals surface area contributed by atoms with E-state index in [1.165, 1.54) is 0 Å². The van der Waals surface area contributed by atoms with Gasteiger partial charge in [-0.05, 0) is 12.3 Å². The van der Waals surface area contributed by atoms with Crippen LogP contribution in [0.15, 0.2) is 12.1 Å². The van der Waals surface area contributed by atoms with Crippen LogP contribution in [0.4, 0.5) is 18.9 Å². The molecule has 0 aliphatic carbocycles. The molecule has 0 aromatic heterocycles. The molecule has 0 bridgehead atoms. The summed E-state index contributed by atoms with van der Waals surface area (Å²) in [6.45, 7) is 3.34. The first-order chi connectivity index (χ1) is 10.2. The fourth-order valence-electron chi connectivity index (χ4n) is 1.83. The van der Waals surface area contributed by atoms with Crippen molar-refractivity contribution in [1.82, 2.24) is 5.32 Å². The van der Waals surface area contributed by atoms with E-state index >= 15 is 0 Å². The lowest BCUT2D eigenvalue weighted by Gasteiger charge is -2.18. The van der Waals surface area contributed by atoms with Crippen LogP contribution < -0.4 is 10.6 Å². The van der Waals surface area contributed by atoms with Gasteiger partial charge in [0.2, 0.25) is 0 Å². The number of amides is 2. The van der Waals surface area contributed by atoms with Crippen molar-refractivity contribution >= 4 is 17.5 Å². The van der Waals surface area contributed by atoms with Gasteiger partial charge in [0, 0.05) is 12.1 Å². The summed E-state index contributed by atoms with van der Waals surface area (Å²) in [6, 6.07) is 0.110. The van der Waals surface area contributed by atoms with Crippen LogP contribution in [0.2, 0.25) is 0 Å². The normalized spacial score (nSPS) is 12.1. The molecule has 22 heavy (non-hydrogen) atoms. The third-order valence-corrected chi connectivity index (χ3v) is 2.76. The average Bonchev–Trinajstić information content (AvgIpc) is 2.40. The molecule has 5 nitrogen and oxygen atoms in total. The second kappa shape index (κ2) is 7.79. The Labute approximate surface area is 125 Å². The van der Waals surface area contributed by atoms with E-state index in [1.807, 2.05) is 13.8 Å². The van der Waals surface area contributed by atoms with E-state index in [9.17, 15) is 22.8 Å². The highest BCUT2D eigenvalue weighted by Crippen LogP contribution is 2.20. The first kappa shape index (κ1) is 18.0. The molecule has 3 N–H and O–H groups in total. The van der Waals surface area contributed by atoms with Crippen LogP contribution in [-0.4, -0.2) is 29.6 Å². The first-order valence-electron chi connectivity index (χ1n) is 6.61. The lowest BCUT2D eigenvalue weighted by atomic mass is 10.0. The maximum Gasteiger partial charge on any atom is 0.313 e. The van der Waals surface area contributed by atoms with Gasteiger partial charge in [-0.2, -0.15) is 0 Å². The molecule has 0 aliphatic heterocycles. The zero-order chi connectivity index (χ0) is 16.9. The zero-order valence-electron chi connectivity index (χ0n) is 12.1. The Morgan fingerprint density at radius 1 is 1.14 bits per heavy atom. The maximum absolute atomic E-state index is 13.4. The maximum atomic E-state index is 13.4. The average molecular weight is 318 g/mol. The standard InChI is InChI=1S/C14H17F3N2O3/c1-7(2)3-9(6-20)18-13(21)14(22)19-12-10(16)4-8(15)5-11(12)17/h4-5,7,9,20H,3,6H2,1-2H3,(H,18,21)(H,19,22). The number of halogens is 3. The first-order valence-corrected chi connectivity index (χ1v) is 6.61. The van der Waals surface area contributed by atoms with E-state index in [1.54, 1.807) is 5.32 Å². The van der Waals surface area contributed by atoms with Crippen molar-refractivity contribution in [1.29, 1.82) is 0 Å². The van der Waals surface area contributed by atoms with Crippen molar-refractivity contribution in [3.05, 3.63) is 29.6 Å². The fraction of sp³-hybridized carbons (Fsp3) is 0.429. The van der Waals surface area contributed by atoms with Crippen molar-refractivity contribution in [3.8, 4) is 0 Å². The van der Waals surface area contributed by atoms with E-state index in [-0.39, 0.29) is 12.5 Å². The number of hydrogen-bond acceptors (Lipinski definition) is 3. The van der Waals surface area contributed by atoms with Crippen LogP contribution in [0.5, 0.6) is 0 Å². The summed E-state index contributed by atoms with van der Waals surface area (Å²) in [4.78, 5) is 23.2. The van der Waals surface area contributed by atoms with Crippen LogP contribution in [0.25, 0.3) is 0 Å². The Morgan fingerprint density at radius 2 is 1.68 bits per heavy atom. The second-order valence-corrected chi connectivity index (χ2v) is 5.18. The Bertz CT molecular complexity index is 541. The molecule has 0 spiro atoms. The van der Waals surface area contributed by atoms with Gasteiger partial charge >= 0.3 is 11.8 Å². The molecule has 122 valence electrons. The van der Waals surface area contributed by atoms with Crippen LogP contribution in [-0.2, 0) is 9.59 Å². The summed E-state index contributed by atoms with van der Waals surface area (Å²) >= 11 is 0. The smallest absolute Gasteiger partial charge is 0.313 e. The molecular weight excluding hydrogens is 301 g/mol. The molecule has 0 fully saturated rings. The van der Waals surface area contributed by atoms with Crippen LogP contribution in [0.3, 0.4) is 0 Å². The number of hydrogen-bond donors (Lipinski definition) is 3. The quantitative estimate of drug-likeness (QED) is 0.721. The number of anilines is 1. The minimum absolute atomic E-state index is 0.160. The van der Waals surface area contributed by atoms with E-state index in [0.717, 1.165) is 0 Å². The number of carbonyl (C=O) groups is 2. The summed E-state index contributed by atoms with van der Waals surface area (Å²) in [5.41, 5.74) is -0.911. The van der Waals surface area contributed by atoms with Gasteiger partial charge in [0.05, 0.1) is 12.6 Å². The lowest BCUT2D eigenvalue weighted by molar-refractivity contribution is -0.136. The molecule has 0 saturated heterocycles. The predicted octanol–water partition coefficient (Wildman–Crippen LogP) is 1.57. The summed E-state index contributed by atoms with van der Waals surface area (Å²) in [6.07, 6.45) is 0.425. The molecule has 2 amide bonds. The third kappa shape index (κ3) is 5.03. The molecule has 1 aromatic rings. The van der Waals surface area contributed by atoms with Gasteiger partial charge in [-0.25, -0.2) is 13.2 Å². The van der Waals surface area contributed by atoms with Gasteiger partial charge in [-0.1, -0.05) is 13.8 Å². The minimum Gasteiger partial charge on any atom is -0.394 e. The monoisotopic (exact) mass is 318 g/mol. The number of benzene rings is 1. The number of rotatable bonds is 5. The van der Waals surface area contributed by atoms with Crippen molar-refractivity contribution in [3.63, 3.8) is 0 Å². The SMILES string of the molecule is CC(C)CC(CO)NC(=O)C(=O)Nc1c(F)cc(F)cc1F. The summed E-state index contributed by atoms with van der Waals surface area (Å²) in [5.74, 6) is -6.12. The summed E-state index contributed by atoms with van der Waals surface area (Å²) in [5, 5.41) is 13.1. The van der Waals surface area contributed by atoms with Gasteiger partial charge in [0.25, 0.3) is 0 Å². The number of carbonyl (C=O) groups excluding carboxylic acids is 2. The molecule has 1 aromatic carbocycles. The summed E-state index contributed by atoms with van der Waals surface area (Å²) in [7, 11) is 0. The van der Waals surface area contributed by atoms with Gasteiger partial charge in [0.15, 0.2) is 11.6 Å². The van der Waals surface area contributed by atoms with Crippen LogP contribution >= 0.6 is 0 Å². The second-order valence-electron chi connectivity index (χ2n) is 5.18. The summed E-state index contributed by atoms with van der Waals surface area (Å²) < 4.78 is 39.5. The molecule has 1 rings (SSSR count). The third-order valence-electron chi connectivity index (χ3n) is 2.76. The zero-order valence-corrected chi connectivity index (χ0v) is 12.1. The fourth-order valence-corrected chi connectivity index (χ4v) is 1.83. The molecular formula is C14H17F3N2O3. The largest absolute Gasteiger partial charge is 0.394 e. The van der Waals surface area contributed by atoms with E-state index in [4.69, 9.17) is 5.11 Å². The van der Waals surface area contributed by atoms with Gasteiger partial charge in [-0.15, -0.1) is 0 Å². The molecule has 0 aliphatic rings. The van der Waals surface area contributed by atoms with Crippen molar-refractivity contribution < 1.29 is 27.9 Å². The molecule has 1 atom stereocenters. The molecule has 0 heterocycles. The van der Waals surface area contributed by atoms with Crippen molar-refractivity contribution in [2.24, 2.45) is 5.92 Å². The van der Waals surface area contributed by atoms with Gasteiger partial charge in [-0.3, -0.25) is 9.59 Å². The van der Waals surface area contributed by atoms with Crippen molar-refractivity contribution in [2.75, 3.05) is 11.9 Å². The molecule has 0 radical (unpaired) electrons.